The van der Waals surface area contributed by atoms with Gasteiger partial charge in [-0.3, -0.25) is 0 Å². The van der Waals surface area contributed by atoms with Crippen LogP contribution in [-0.4, -0.2) is 24.2 Å². The molecule has 0 aliphatic carbocycles. The molecule has 0 saturated carbocycles. The Kier molecular flexibility index (Phi) is 7.85. The number of nitrogens with two attached hydrogens (primary N) is 1. The summed E-state index contributed by atoms with van der Waals surface area (Å²) in [4.78, 5) is 0. The predicted molar refractivity (Wildman–Crippen MR) is 68.5 cm³/mol. The minimum atomic E-state index is -4.56. The SMILES string of the molecule is Cl.N[C@@H](CCCO)c1ccccc1OC(F)(F)C(F)F. The zero-order chi connectivity index (χ0) is 14.5. The Morgan fingerprint density at radius 3 is 2.40 bits per heavy atom. The average Bonchev–Trinajstić information content (AvgIpc) is 2.36. The number of hydrogen-bond acceptors (Lipinski definition) is 3. The first-order chi connectivity index (χ1) is 8.88. The average molecular weight is 318 g/mol. The van der Waals surface area contributed by atoms with Crippen molar-refractivity contribution < 1.29 is 27.4 Å². The molecule has 20 heavy (non-hydrogen) atoms. The van der Waals surface area contributed by atoms with E-state index < -0.39 is 18.6 Å². The molecular weight excluding hydrogens is 302 g/mol. The maximum atomic E-state index is 12.9. The number of rotatable bonds is 7. The highest BCUT2D eigenvalue weighted by molar-refractivity contribution is 5.85. The van der Waals surface area contributed by atoms with Crippen molar-refractivity contribution in [3.63, 3.8) is 0 Å². The van der Waals surface area contributed by atoms with Gasteiger partial charge in [0.15, 0.2) is 0 Å². The second-order valence-corrected chi connectivity index (χ2v) is 3.97. The fourth-order valence-corrected chi connectivity index (χ4v) is 1.54. The summed E-state index contributed by atoms with van der Waals surface area (Å²) in [5, 5.41) is 8.68. The Bertz CT molecular complexity index is 407. The summed E-state index contributed by atoms with van der Waals surface area (Å²) < 4.78 is 54.0. The molecule has 1 rings (SSSR count). The lowest BCUT2D eigenvalue weighted by molar-refractivity contribution is -0.253. The highest BCUT2D eigenvalue weighted by Crippen LogP contribution is 2.32. The minimum absolute atomic E-state index is 0. The summed E-state index contributed by atoms with van der Waals surface area (Å²) in [7, 11) is 0. The molecule has 0 radical (unpaired) electrons. The van der Waals surface area contributed by atoms with Crippen LogP contribution in [0.25, 0.3) is 0 Å². The number of alkyl halides is 4. The van der Waals surface area contributed by atoms with Crippen molar-refractivity contribution in [1.29, 1.82) is 0 Å². The van der Waals surface area contributed by atoms with Crippen LogP contribution >= 0.6 is 12.4 Å². The standard InChI is InChI=1S/C12H15F4NO2.ClH/c13-11(14)12(15,16)19-10-6-2-1-4-8(10)9(17)5-3-7-18;/h1-2,4,6,9,11,18H,3,5,7,17H2;1H/t9-;/m0./s1. The van der Waals surface area contributed by atoms with Crippen molar-refractivity contribution in [3.05, 3.63) is 29.8 Å². The van der Waals surface area contributed by atoms with Gasteiger partial charge in [-0.05, 0) is 18.9 Å². The first-order valence-electron chi connectivity index (χ1n) is 5.69. The predicted octanol–water partition coefficient (Wildman–Crippen LogP) is 3.12. The summed E-state index contributed by atoms with van der Waals surface area (Å²) in [5.74, 6) is -0.377. The van der Waals surface area contributed by atoms with Gasteiger partial charge in [0.05, 0.1) is 0 Å². The largest absolute Gasteiger partial charge is 0.461 e. The van der Waals surface area contributed by atoms with Gasteiger partial charge in [0.25, 0.3) is 0 Å². The number of aliphatic hydroxyl groups is 1. The monoisotopic (exact) mass is 317 g/mol. The van der Waals surface area contributed by atoms with E-state index in [4.69, 9.17) is 10.8 Å². The van der Waals surface area contributed by atoms with Gasteiger partial charge in [0, 0.05) is 18.2 Å². The molecule has 0 heterocycles. The van der Waals surface area contributed by atoms with E-state index in [2.05, 4.69) is 4.74 Å². The van der Waals surface area contributed by atoms with E-state index in [9.17, 15) is 17.6 Å². The molecule has 1 aromatic carbocycles. The van der Waals surface area contributed by atoms with Crippen molar-refractivity contribution in [2.75, 3.05) is 6.61 Å². The second kappa shape index (κ2) is 8.28. The Labute approximate surface area is 120 Å². The van der Waals surface area contributed by atoms with Crippen molar-refractivity contribution in [2.24, 2.45) is 5.73 Å². The van der Waals surface area contributed by atoms with Crippen LogP contribution in [0.4, 0.5) is 17.6 Å². The summed E-state index contributed by atoms with van der Waals surface area (Å²) in [6, 6.07) is 4.85. The smallest absolute Gasteiger partial charge is 0.428 e. The number of halogens is 5. The molecule has 3 N–H and O–H groups in total. The third-order valence-electron chi connectivity index (χ3n) is 2.49. The van der Waals surface area contributed by atoms with Crippen LogP contribution in [0, 0.1) is 0 Å². The number of hydrogen-bond donors (Lipinski definition) is 2. The summed E-state index contributed by atoms with van der Waals surface area (Å²) >= 11 is 0. The molecule has 0 bridgehead atoms. The molecule has 0 unspecified atom stereocenters. The van der Waals surface area contributed by atoms with Crippen LogP contribution in [0.5, 0.6) is 5.75 Å². The fourth-order valence-electron chi connectivity index (χ4n) is 1.54. The molecule has 0 amide bonds. The molecule has 0 fully saturated rings. The second-order valence-electron chi connectivity index (χ2n) is 3.97. The highest BCUT2D eigenvalue weighted by atomic mass is 35.5. The zero-order valence-electron chi connectivity index (χ0n) is 10.4. The van der Waals surface area contributed by atoms with Crippen molar-refractivity contribution in [3.8, 4) is 5.75 Å². The Morgan fingerprint density at radius 2 is 1.85 bits per heavy atom. The normalized spacial score (nSPS) is 12.9. The lowest BCUT2D eigenvalue weighted by atomic mass is 10.0. The molecule has 1 atom stereocenters. The Balaban J connectivity index is 0.00000361. The Hall–Kier alpha value is -1.05. The van der Waals surface area contributed by atoms with Gasteiger partial charge in [-0.2, -0.15) is 17.6 Å². The third-order valence-corrected chi connectivity index (χ3v) is 2.49. The van der Waals surface area contributed by atoms with Crippen molar-refractivity contribution >= 4 is 12.4 Å². The van der Waals surface area contributed by atoms with Gasteiger partial charge in [0.1, 0.15) is 5.75 Å². The van der Waals surface area contributed by atoms with E-state index in [-0.39, 0.29) is 30.3 Å². The van der Waals surface area contributed by atoms with Crippen molar-refractivity contribution in [2.45, 2.75) is 31.4 Å². The zero-order valence-corrected chi connectivity index (χ0v) is 11.3. The van der Waals surface area contributed by atoms with Gasteiger partial charge in [-0.1, -0.05) is 18.2 Å². The Morgan fingerprint density at radius 1 is 1.25 bits per heavy atom. The molecule has 0 aromatic heterocycles. The minimum Gasteiger partial charge on any atom is -0.428 e. The molecule has 116 valence electrons. The molecule has 1 aromatic rings. The molecule has 0 aliphatic heterocycles. The van der Waals surface area contributed by atoms with E-state index in [0.717, 1.165) is 6.07 Å². The van der Waals surface area contributed by atoms with Crippen LogP contribution in [-0.2, 0) is 0 Å². The fraction of sp³-hybridized carbons (Fsp3) is 0.500. The summed E-state index contributed by atoms with van der Waals surface area (Å²) in [6.45, 7) is -0.0933. The maximum absolute atomic E-state index is 12.9. The van der Waals surface area contributed by atoms with E-state index in [0.29, 0.717) is 12.8 Å². The first kappa shape index (κ1) is 18.9. The van der Waals surface area contributed by atoms with Gasteiger partial charge < -0.3 is 15.6 Å². The van der Waals surface area contributed by atoms with Crippen LogP contribution < -0.4 is 10.5 Å². The van der Waals surface area contributed by atoms with Gasteiger partial charge >= 0.3 is 12.5 Å². The number of para-hydroxylation sites is 1. The van der Waals surface area contributed by atoms with E-state index in [1.165, 1.54) is 12.1 Å². The molecule has 8 heteroatoms. The van der Waals surface area contributed by atoms with Crippen molar-refractivity contribution in [1.82, 2.24) is 0 Å². The third kappa shape index (κ3) is 5.15. The lowest BCUT2D eigenvalue weighted by Gasteiger charge is -2.21. The maximum Gasteiger partial charge on any atom is 0.461 e. The molecule has 0 aliphatic rings. The van der Waals surface area contributed by atoms with Crippen LogP contribution in [0.3, 0.4) is 0 Å². The van der Waals surface area contributed by atoms with Crippen LogP contribution in [0.2, 0.25) is 0 Å². The van der Waals surface area contributed by atoms with Crippen LogP contribution in [0.15, 0.2) is 24.3 Å². The molecule has 3 nitrogen and oxygen atoms in total. The summed E-state index contributed by atoms with van der Waals surface area (Å²) in [5.41, 5.74) is 5.96. The molecule has 0 saturated heterocycles. The van der Waals surface area contributed by atoms with Gasteiger partial charge in [0.2, 0.25) is 0 Å². The van der Waals surface area contributed by atoms with E-state index in [1.54, 1.807) is 6.07 Å². The first-order valence-corrected chi connectivity index (χ1v) is 5.69. The van der Waals surface area contributed by atoms with Crippen LogP contribution in [0.1, 0.15) is 24.4 Å². The molecule has 0 spiro atoms. The quantitative estimate of drug-likeness (QED) is 0.760. The van der Waals surface area contributed by atoms with Gasteiger partial charge in [-0.15, -0.1) is 12.4 Å². The molecular formula is C12H16ClF4NO2. The number of aliphatic hydroxyl groups excluding tert-OH is 1. The summed E-state index contributed by atoms with van der Waals surface area (Å²) in [6.07, 6.45) is -7.78. The number of benzene rings is 1. The van der Waals surface area contributed by atoms with E-state index in [1.807, 2.05) is 0 Å². The topological polar surface area (TPSA) is 55.5 Å². The lowest BCUT2D eigenvalue weighted by Crippen LogP contribution is -2.34. The van der Waals surface area contributed by atoms with Gasteiger partial charge in [-0.25, -0.2) is 0 Å². The number of ether oxygens (including phenoxy) is 1. The van der Waals surface area contributed by atoms with E-state index >= 15 is 0 Å². The highest BCUT2D eigenvalue weighted by Gasteiger charge is 2.44.